The molecule has 0 bridgehead atoms. The first-order chi connectivity index (χ1) is 19.5. The van der Waals surface area contributed by atoms with E-state index in [2.05, 4.69) is 20.7 Å². The van der Waals surface area contributed by atoms with Gasteiger partial charge in [-0.1, -0.05) is 37.5 Å². The minimum Gasteiger partial charge on any atom is -0.497 e. The molecule has 0 radical (unpaired) electrons. The predicted molar refractivity (Wildman–Crippen MR) is 149 cm³/mol. The average molecular weight is 563 g/mol. The van der Waals surface area contributed by atoms with Crippen LogP contribution >= 0.6 is 11.3 Å². The molecule has 2 aromatic heterocycles. The molecule has 11 heteroatoms. The fourth-order valence-electron chi connectivity index (χ4n) is 4.92. The van der Waals surface area contributed by atoms with Gasteiger partial charge >= 0.3 is 0 Å². The summed E-state index contributed by atoms with van der Waals surface area (Å²) in [5, 5.41) is 17.7. The second-order valence-electron chi connectivity index (χ2n) is 9.77. The van der Waals surface area contributed by atoms with E-state index in [1.807, 2.05) is 29.6 Å². The summed E-state index contributed by atoms with van der Waals surface area (Å²) in [4.78, 5) is 31.3. The van der Waals surface area contributed by atoms with Crippen molar-refractivity contribution in [2.45, 2.75) is 57.3 Å². The van der Waals surface area contributed by atoms with Gasteiger partial charge in [0.15, 0.2) is 0 Å². The molecule has 208 valence electrons. The lowest BCUT2D eigenvalue weighted by molar-refractivity contribution is -0.142. The van der Waals surface area contributed by atoms with E-state index in [9.17, 15) is 14.0 Å². The van der Waals surface area contributed by atoms with Gasteiger partial charge in [-0.2, -0.15) is 4.80 Å². The molecule has 2 amide bonds. The molecule has 1 atom stereocenters. The number of aromatic nitrogens is 4. The average Bonchev–Trinajstić information content (AvgIpc) is 3.67. The van der Waals surface area contributed by atoms with E-state index < -0.39 is 11.9 Å². The zero-order valence-corrected chi connectivity index (χ0v) is 23.0. The van der Waals surface area contributed by atoms with Gasteiger partial charge in [0.05, 0.1) is 13.7 Å². The number of benzene rings is 2. The first-order valence-corrected chi connectivity index (χ1v) is 14.2. The Morgan fingerprint density at radius 2 is 1.85 bits per heavy atom. The Labute approximate surface area is 236 Å². The van der Waals surface area contributed by atoms with Gasteiger partial charge in [0.1, 0.15) is 24.2 Å². The largest absolute Gasteiger partial charge is 0.497 e. The Morgan fingerprint density at radius 1 is 1.10 bits per heavy atom. The van der Waals surface area contributed by atoms with Crippen LogP contribution in [0.2, 0.25) is 0 Å². The maximum Gasteiger partial charge on any atom is 0.247 e. The Kier molecular flexibility index (Phi) is 8.80. The molecule has 2 heterocycles. The predicted octanol–water partition coefficient (Wildman–Crippen LogP) is 4.77. The van der Waals surface area contributed by atoms with Crippen LogP contribution in [0.5, 0.6) is 5.75 Å². The summed E-state index contributed by atoms with van der Waals surface area (Å²) in [6.07, 6.45) is 5.06. The van der Waals surface area contributed by atoms with Gasteiger partial charge in [0, 0.05) is 16.5 Å². The highest BCUT2D eigenvalue weighted by Crippen LogP contribution is 2.27. The first-order valence-electron chi connectivity index (χ1n) is 13.3. The van der Waals surface area contributed by atoms with Crippen molar-refractivity contribution in [1.82, 2.24) is 30.4 Å². The standard InChI is InChI=1S/C29H31FN6O3S/c1-39-24-15-11-21(12-16-24)28-32-34-36(33-28)19-26(37)35(18-25-8-5-17-40-25)27(20-9-13-22(30)14-10-20)29(38)31-23-6-3-2-4-7-23/h5,8-17,23,27H,2-4,6-7,18-19H2,1H3,(H,31,38)/t27-/m1/s1. The Morgan fingerprint density at radius 3 is 2.52 bits per heavy atom. The monoisotopic (exact) mass is 562 g/mol. The van der Waals surface area contributed by atoms with Crippen molar-refractivity contribution >= 4 is 23.2 Å². The SMILES string of the molecule is COc1ccc(-c2nnn(CC(=O)N(Cc3cccs3)[C@@H](C(=O)NC3CCCCC3)c3ccc(F)cc3)n2)cc1. The number of hydrogen-bond donors (Lipinski definition) is 1. The number of hydrogen-bond acceptors (Lipinski definition) is 7. The van der Waals surface area contributed by atoms with Crippen LogP contribution in [-0.4, -0.2) is 50.1 Å². The number of carbonyl (C=O) groups excluding carboxylic acids is 2. The van der Waals surface area contributed by atoms with Crippen LogP contribution < -0.4 is 10.1 Å². The molecule has 0 spiro atoms. The van der Waals surface area contributed by atoms with Gasteiger partial charge in [-0.05, 0) is 71.5 Å². The van der Waals surface area contributed by atoms with E-state index in [1.54, 1.807) is 31.4 Å². The van der Waals surface area contributed by atoms with Gasteiger partial charge in [-0.25, -0.2) is 4.39 Å². The molecule has 40 heavy (non-hydrogen) atoms. The van der Waals surface area contributed by atoms with Gasteiger partial charge in [-0.3, -0.25) is 9.59 Å². The van der Waals surface area contributed by atoms with Crippen molar-refractivity contribution in [3.63, 3.8) is 0 Å². The van der Waals surface area contributed by atoms with Crippen molar-refractivity contribution in [3.05, 3.63) is 82.3 Å². The number of halogens is 1. The van der Waals surface area contributed by atoms with Crippen molar-refractivity contribution in [1.29, 1.82) is 0 Å². The first kappa shape index (κ1) is 27.4. The zero-order chi connectivity index (χ0) is 27.9. The third kappa shape index (κ3) is 6.71. The number of nitrogens with zero attached hydrogens (tertiary/aromatic N) is 5. The number of ether oxygens (including phenoxy) is 1. The van der Waals surface area contributed by atoms with Crippen LogP contribution in [0.1, 0.15) is 48.6 Å². The fourth-order valence-corrected chi connectivity index (χ4v) is 5.62. The van der Waals surface area contributed by atoms with Gasteiger partial charge in [0.25, 0.3) is 0 Å². The molecule has 2 aromatic carbocycles. The van der Waals surface area contributed by atoms with Crippen molar-refractivity contribution in [2.24, 2.45) is 0 Å². The van der Waals surface area contributed by atoms with E-state index in [0.717, 1.165) is 42.5 Å². The highest BCUT2D eigenvalue weighted by molar-refractivity contribution is 7.09. The molecular formula is C29H31FN6O3S. The number of rotatable bonds is 10. The highest BCUT2D eigenvalue weighted by atomic mass is 32.1. The Bertz CT molecular complexity index is 1400. The second kappa shape index (κ2) is 12.8. The number of methoxy groups -OCH3 is 1. The molecule has 1 saturated carbocycles. The highest BCUT2D eigenvalue weighted by Gasteiger charge is 2.33. The van der Waals surface area contributed by atoms with E-state index in [1.165, 1.54) is 33.2 Å². The van der Waals surface area contributed by atoms with E-state index in [4.69, 9.17) is 4.74 Å². The molecule has 0 aliphatic heterocycles. The number of carbonyl (C=O) groups is 2. The maximum absolute atomic E-state index is 13.9. The van der Waals surface area contributed by atoms with Crippen molar-refractivity contribution in [3.8, 4) is 17.1 Å². The minimum absolute atomic E-state index is 0.0481. The van der Waals surface area contributed by atoms with Gasteiger partial charge in [0.2, 0.25) is 17.6 Å². The molecule has 0 unspecified atom stereocenters. The summed E-state index contributed by atoms with van der Waals surface area (Å²) in [6.45, 7) is -0.0143. The van der Waals surface area contributed by atoms with E-state index >= 15 is 0 Å². The molecule has 1 fully saturated rings. The number of amides is 2. The van der Waals surface area contributed by atoms with E-state index in [-0.39, 0.29) is 30.9 Å². The minimum atomic E-state index is -0.957. The summed E-state index contributed by atoms with van der Waals surface area (Å²) < 4.78 is 19.0. The van der Waals surface area contributed by atoms with Crippen LogP contribution in [0.25, 0.3) is 11.4 Å². The third-order valence-electron chi connectivity index (χ3n) is 7.00. The van der Waals surface area contributed by atoms with Crippen molar-refractivity contribution in [2.75, 3.05) is 7.11 Å². The lowest BCUT2D eigenvalue weighted by Gasteiger charge is -2.33. The smallest absolute Gasteiger partial charge is 0.247 e. The van der Waals surface area contributed by atoms with Crippen LogP contribution in [0, 0.1) is 5.82 Å². The quantitative estimate of drug-likeness (QED) is 0.299. The van der Waals surface area contributed by atoms with Gasteiger partial charge < -0.3 is 15.0 Å². The topological polar surface area (TPSA) is 102 Å². The number of nitrogens with one attached hydrogen (secondary N) is 1. The Balaban J connectivity index is 1.42. The number of tetrazole rings is 1. The van der Waals surface area contributed by atoms with E-state index in [0.29, 0.717) is 17.1 Å². The summed E-state index contributed by atoms with van der Waals surface area (Å²) >= 11 is 1.50. The molecule has 4 aromatic rings. The Hall–Kier alpha value is -4.12. The lowest BCUT2D eigenvalue weighted by Crippen LogP contribution is -2.47. The summed E-state index contributed by atoms with van der Waals surface area (Å²) in [5.74, 6) is 0.0116. The van der Waals surface area contributed by atoms with Crippen LogP contribution in [0.3, 0.4) is 0 Å². The molecular weight excluding hydrogens is 531 g/mol. The molecule has 1 aliphatic rings. The molecule has 1 N–H and O–H groups in total. The zero-order valence-electron chi connectivity index (χ0n) is 22.2. The lowest BCUT2D eigenvalue weighted by atomic mass is 9.94. The van der Waals surface area contributed by atoms with Gasteiger partial charge in [-0.15, -0.1) is 21.5 Å². The summed E-state index contributed by atoms with van der Waals surface area (Å²) in [7, 11) is 1.59. The number of thiophene rings is 1. The van der Waals surface area contributed by atoms with Crippen LogP contribution in [-0.2, 0) is 22.7 Å². The van der Waals surface area contributed by atoms with Crippen molar-refractivity contribution < 1.29 is 18.7 Å². The van der Waals surface area contributed by atoms with Crippen LogP contribution in [0.4, 0.5) is 4.39 Å². The normalized spacial score (nSPS) is 14.4. The third-order valence-corrected chi connectivity index (χ3v) is 7.86. The summed E-state index contributed by atoms with van der Waals surface area (Å²) in [6, 6.07) is 15.9. The second-order valence-corrected chi connectivity index (χ2v) is 10.8. The molecule has 1 aliphatic carbocycles. The maximum atomic E-state index is 13.9. The summed E-state index contributed by atoms with van der Waals surface area (Å²) in [5.41, 5.74) is 1.26. The molecule has 0 saturated heterocycles. The fraction of sp³-hybridized carbons (Fsp3) is 0.345. The molecule has 9 nitrogen and oxygen atoms in total. The molecule has 5 rings (SSSR count). The van der Waals surface area contributed by atoms with Crippen LogP contribution in [0.15, 0.2) is 66.0 Å².